The molecule has 6 heteroatoms. The highest BCUT2D eigenvalue weighted by Gasteiger charge is 2.26. The summed E-state index contributed by atoms with van der Waals surface area (Å²) in [5, 5.41) is 4.89. The summed E-state index contributed by atoms with van der Waals surface area (Å²) >= 11 is 1.84. The van der Waals surface area contributed by atoms with Gasteiger partial charge in [-0.1, -0.05) is 6.42 Å². The minimum atomic E-state index is 0.252. The van der Waals surface area contributed by atoms with Crippen LogP contribution in [0.5, 0.6) is 0 Å². The van der Waals surface area contributed by atoms with Crippen molar-refractivity contribution in [1.29, 1.82) is 0 Å². The number of hydrogen-bond donors (Lipinski definition) is 1. The maximum absolute atomic E-state index is 5.77. The Morgan fingerprint density at radius 3 is 2.92 bits per heavy atom. The van der Waals surface area contributed by atoms with Gasteiger partial charge in [0.2, 0.25) is 0 Å². The van der Waals surface area contributed by atoms with Gasteiger partial charge in [0, 0.05) is 11.4 Å². The fourth-order valence-electron chi connectivity index (χ4n) is 4.38. The Hall–Kier alpha value is -1.92. The molecule has 1 fully saturated rings. The van der Waals surface area contributed by atoms with E-state index in [9.17, 15) is 0 Å². The van der Waals surface area contributed by atoms with Crippen LogP contribution in [-0.4, -0.2) is 34.5 Å². The topological polar surface area (TPSA) is 54.2 Å². The van der Waals surface area contributed by atoms with Crippen LogP contribution in [0.15, 0.2) is 29.1 Å². The predicted molar refractivity (Wildman–Crippen MR) is 105 cm³/mol. The molecule has 3 aromatic heterocycles. The lowest BCUT2D eigenvalue weighted by atomic mass is 10.1. The van der Waals surface area contributed by atoms with Crippen molar-refractivity contribution in [3.8, 4) is 0 Å². The second kappa shape index (κ2) is 7.00. The summed E-state index contributed by atoms with van der Waals surface area (Å²) in [6, 6.07) is 4.33. The standard InChI is InChI=1S/C20H24N4OS/c1-2-9-24(10-3-1)15(16-7-5-11-25-16)12-21-19-18-14-6-4-8-17(14)26-20(18)23-13-22-19/h5,7,11,13,15H,1-4,6,8-10,12H2,(H,21,22,23)/t15-/m0/s1. The molecule has 0 spiro atoms. The van der Waals surface area contributed by atoms with Crippen LogP contribution in [0, 0.1) is 0 Å². The van der Waals surface area contributed by atoms with Crippen LogP contribution in [0.1, 0.15) is 47.9 Å². The molecule has 2 aliphatic rings. The fourth-order valence-corrected chi connectivity index (χ4v) is 5.61. The van der Waals surface area contributed by atoms with Crippen LogP contribution < -0.4 is 5.32 Å². The Kier molecular flexibility index (Phi) is 4.38. The van der Waals surface area contributed by atoms with Gasteiger partial charge in [0.1, 0.15) is 22.7 Å². The predicted octanol–water partition coefficient (Wildman–Crippen LogP) is 4.41. The van der Waals surface area contributed by atoms with Crippen LogP contribution in [0.25, 0.3) is 10.2 Å². The highest BCUT2D eigenvalue weighted by molar-refractivity contribution is 7.19. The minimum Gasteiger partial charge on any atom is -0.468 e. The quantitative estimate of drug-likeness (QED) is 0.723. The summed E-state index contributed by atoms with van der Waals surface area (Å²) in [4.78, 5) is 14.3. The van der Waals surface area contributed by atoms with Crippen LogP contribution >= 0.6 is 11.3 Å². The molecule has 0 aromatic carbocycles. The van der Waals surface area contributed by atoms with E-state index in [4.69, 9.17) is 4.42 Å². The molecule has 26 heavy (non-hydrogen) atoms. The van der Waals surface area contributed by atoms with E-state index in [-0.39, 0.29) is 6.04 Å². The zero-order chi connectivity index (χ0) is 17.3. The number of thiophene rings is 1. The molecule has 5 nitrogen and oxygen atoms in total. The number of fused-ring (bicyclic) bond motifs is 3. The molecule has 1 aliphatic heterocycles. The number of furan rings is 1. The van der Waals surface area contributed by atoms with E-state index in [1.807, 2.05) is 17.4 Å². The maximum Gasteiger partial charge on any atom is 0.138 e. The van der Waals surface area contributed by atoms with Gasteiger partial charge >= 0.3 is 0 Å². The van der Waals surface area contributed by atoms with Gasteiger partial charge in [0.15, 0.2) is 0 Å². The molecule has 1 saturated heterocycles. The molecule has 0 bridgehead atoms. The molecule has 1 N–H and O–H groups in total. The SMILES string of the molecule is c1coc([C@H](CNc2ncnc3sc4c(c23)CCC4)N2CCCCC2)c1. The first-order valence-electron chi connectivity index (χ1n) is 9.67. The summed E-state index contributed by atoms with van der Waals surface area (Å²) in [6.07, 6.45) is 11.0. The first kappa shape index (κ1) is 16.3. The Labute approximate surface area is 157 Å². The lowest BCUT2D eigenvalue weighted by molar-refractivity contribution is 0.153. The Balaban J connectivity index is 1.42. The molecule has 0 amide bonds. The first-order valence-corrected chi connectivity index (χ1v) is 10.5. The number of nitrogens with one attached hydrogen (secondary N) is 1. The van der Waals surface area contributed by atoms with E-state index < -0.39 is 0 Å². The highest BCUT2D eigenvalue weighted by Crippen LogP contribution is 2.39. The second-order valence-electron chi connectivity index (χ2n) is 7.27. The summed E-state index contributed by atoms with van der Waals surface area (Å²) < 4.78 is 5.77. The third-order valence-corrected chi connectivity index (χ3v) is 6.87. The average molecular weight is 369 g/mol. The third-order valence-electron chi connectivity index (χ3n) is 5.67. The zero-order valence-corrected chi connectivity index (χ0v) is 15.7. The second-order valence-corrected chi connectivity index (χ2v) is 8.35. The molecule has 4 heterocycles. The zero-order valence-electron chi connectivity index (χ0n) is 14.9. The largest absolute Gasteiger partial charge is 0.468 e. The number of anilines is 1. The van der Waals surface area contributed by atoms with Crippen LogP contribution in [0.3, 0.4) is 0 Å². The van der Waals surface area contributed by atoms with E-state index in [1.165, 1.54) is 47.9 Å². The van der Waals surface area contributed by atoms with Crippen LogP contribution in [-0.2, 0) is 12.8 Å². The summed E-state index contributed by atoms with van der Waals surface area (Å²) in [6.45, 7) is 3.09. The Morgan fingerprint density at radius 2 is 2.08 bits per heavy atom. The van der Waals surface area contributed by atoms with E-state index in [1.54, 1.807) is 12.6 Å². The van der Waals surface area contributed by atoms with E-state index in [0.717, 1.165) is 42.5 Å². The number of aromatic nitrogens is 2. The summed E-state index contributed by atoms with van der Waals surface area (Å²) in [7, 11) is 0. The molecule has 0 radical (unpaired) electrons. The van der Waals surface area contributed by atoms with Crippen molar-refractivity contribution in [2.45, 2.75) is 44.6 Å². The van der Waals surface area contributed by atoms with Crippen molar-refractivity contribution in [2.24, 2.45) is 0 Å². The van der Waals surface area contributed by atoms with Gasteiger partial charge in [-0.25, -0.2) is 9.97 Å². The van der Waals surface area contributed by atoms with Gasteiger partial charge in [0.05, 0.1) is 17.7 Å². The van der Waals surface area contributed by atoms with E-state index >= 15 is 0 Å². The number of aryl methyl sites for hydroxylation is 2. The van der Waals surface area contributed by atoms with Gasteiger partial charge < -0.3 is 9.73 Å². The van der Waals surface area contributed by atoms with Crippen molar-refractivity contribution in [3.63, 3.8) is 0 Å². The van der Waals surface area contributed by atoms with E-state index in [2.05, 4.69) is 26.3 Å². The third kappa shape index (κ3) is 2.91. The molecule has 1 atom stereocenters. The minimum absolute atomic E-state index is 0.252. The number of rotatable bonds is 5. The van der Waals surface area contributed by atoms with Gasteiger partial charge in [-0.05, 0) is 62.9 Å². The van der Waals surface area contributed by atoms with Gasteiger partial charge in [-0.2, -0.15) is 0 Å². The van der Waals surface area contributed by atoms with Crippen molar-refractivity contribution in [2.75, 3.05) is 25.0 Å². The molecule has 136 valence electrons. The van der Waals surface area contributed by atoms with Gasteiger partial charge in [-0.15, -0.1) is 11.3 Å². The van der Waals surface area contributed by atoms with Gasteiger partial charge in [0.25, 0.3) is 0 Å². The summed E-state index contributed by atoms with van der Waals surface area (Å²) in [5.41, 5.74) is 1.47. The number of likely N-dealkylation sites (tertiary alicyclic amines) is 1. The molecule has 1 aliphatic carbocycles. The number of nitrogens with zero attached hydrogens (tertiary/aromatic N) is 3. The molecular formula is C20H24N4OS. The monoisotopic (exact) mass is 368 g/mol. The average Bonchev–Trinajstić information content (AvgIpc) is 3.40. The van der Waals surface area contributed by atoms with Crippen molar-refractivity contribution >= 4 is 27.4 Å². The number of piperidine rings is 1. The van der Waals surface area contributed by atoms with Crippen LogP contribution in [0.2, 0.25) is 0 Å². The van der Waals surface area contributed by atoms with Crippen molar-refractivity contribution in [1.82, 2.24) is 14.9 Å². The van der Waals surface area contributed by atoms with E-state index in [0.29, 0.717) is 0 Å². The molecule has 5 rings (SSSR count). The summed E-state index contributed by atoms with van der Waals surface area (Å²) in [5.74, 6) is 2.03. The first-order chi connectivity index (χ1) is 12.9. The molecule has 3 aromatic rings. The lowest BCUT2D eigenvalue weighted by Crippen LogP contribution is -2.37. The maximum atomic E-state index is 5.77. The smallest absolute Gasteiger partial charge is 0.138 e. The van der Waals surface area contributed by atoms with Crippen LogP contribution in [0.4, 0.5) is 5.82 Å². The van der Waals surface area contributed by atoms with Gasteiger partial charge in [-0.3, -0.25) is 4.90 Å². The molecular weight excluding hydrogens is 344 g/mol. The molecule has 0 unspecified atom stereocenters. The number of hydrogen-bond acceptors (Lipinski definition) is 6. The van der Waals surface area contributed by atoms with Crippen molar-refractivity contribution < 1.29 is 4.42 Å². The lowest BCUT2D eigenvalue weighted by Gasteiger charge is -2.33. The Bertz CT molecular complexity index is 883. The highest BCUT2D eigenvalue weighted by atomic mass is 32.1. The molecule has 0 saturated carbocycles. The normalized spacial score (nSPS) is 18.9. The Morgan fingerprint density at radius 1 is 1.15 bits per heavy atom. The fraction of sp³-hybridized carbons (Fsp3) is 0.500. The van der Waals surface area contributed by atoms with Crippen molar-refractivity contribution in [3.05, 3.63) is 40.9 Å².